The van der Waals surface area contributed by atoms with Crippen molar-refractivity contribution in [1.82, 2.24) is 10.6 Å². The lowest BCUT2D eigenvalue weighted by Crippen LogP contribution is -2.62. The van der Waals surface area contributed by atoms with Crippen LogP contribution in [0.3, 0.4) is 0 Å². The molecule has 1 amide bonds. The summed E-state index contributed by atoms with van der Waals surface area (Å²) in [6.45, 7) is 1.25. The number of aldehydes is 1. The van der Waals surface area contributed by atoms with Crippen molar-refractivity contribution in [2.75, 3.05) is 5.75 Å². The number of hydrogen-bond acceptors (Lipinski definition) is 7. The molecule has 1 aliphatic rings. The second-order valence-corrected chi connectivity index (χ2v) is 6.38. The van der Waals surface area contributed by atoms with Crippen LogP contribution in [-0.4, -0.2) is 40.5 Å². The van der Waals surface area contributed by atoms with Crippen LogP contribution in [0, 0.1) is 0 Å². The number of nitrogens with one attached hydrogen (secondary N) is 2. The standard InChI is InChI=1S/C12H12N2O4S2/c1-7(16)13-12(14-8(5-15)6-20-12)11(18)10(17)9-3-2-4-19-9/h2-5,8,14H,6H2,1H3,(H,13,16). The van der Waals surface area contributed by atoms with Gasteiger partial charge >= 0.3 is 0 Å². The normalized spacial score (nSPS) is 25.1. The van der Waals surface area contributed by atoms with Crippen molar-refractivity contribution in [3.8, 4) is 0 Å². The molecule has 0 aromatic carbocycles. The van der Waals surface area contributed by atoms with E-state index in [0.717, 1.165) is 23.1 Å². The molecule has 1 aliphatic heterocycles. The second kappa shape index (κ2) is 5.86. The molecule has 1 saturated heterocycles. The maximum absolute atomic E-state index is 12.4. The van der Waals surface area contributed by atoms with Gasteiger partial charge < -0.3 is 10.1 Å². The fourth-order valence-corrected chi connectivity index (χ4v) is 3.75. The van der Waals surface area contributed by atoms with Crippen LogP contribution in [0.1, 0.15) is 16.6 Å². The molecule has 0 spiro atoms. The molecule has 0 bridgehead atoms. The van der Waals surface area contributed by atoms with Crippen molar-refractivity contribution in [1.29, 1.82) is 0 Å². The smallest absolute Gasteiger partial charge is 0.255 e. The molecule has 106 valence electrons. The van der Waals surface area contributed by atoms with Crippen LogP contribution in [0.15, 0.2) is 17.5 Å². The van der Waals surface area contributed by atoms with Gasteiger partial charge in [-0.15, -0.1) is 23.1 Å². The maximum Gasteiger partial charge on any atom is 0.255 e. The topological polar surface area (TPSA) is 92.3 Å². The predicted molar refractivity (Wildman–Crippen MR) is 75.6 cm³/mol. The summed E-state index contributed by atoms with van der Waals surface area (Å²) >= 11 is 2.20. The zero-order valence-electron chi connectivity index (χ0n) is 10.5. The highest BCUT2D eigenvalue weighted by molar-refractivity contribution is 8.01. The van der Waals surface area contributed by atoms with Crippen molar-refractivity contribution in [3.63, 3.8) is 0 Å². The zero-order chi connectivity index (χ0) is 14.8. The number of carbonyl (C=O) groups is 4. The van der Waals surface area contributed by atoms with Gasteiger partial charge in [0.05, 0.1) is 10.9 Å². The lowest BCUT2D eigenvalue weighted by molar-refractivity contribution is -0.126. The van der Waals surface area contributed by atoms with Crippen molar-refractivity contribution >= 4 is 46.9 Å². The van der Waals surface area contributed by atoms with Gasteiger partial charge in [-0.3, -0.25) is 19.7 Å². The van der Waals surface area contributed by atoms with Crippen molar-refractivity contribution in [2.24, 2.45) is 0 Å². The molecule has 0 aliphatic carbocycles. The van der Waals surface area contributed by atoms with E-state index in [-0.39, 0.29) is 0 Å². The Hall–Kier alpha value is -1.51. The Bertz CT molecular complexity index is 558. The summed E-state index contributed by atoms with van der Waals surface area (Å²) in [6.07, 6.45) is 0.652. The van der Waals surface area contributed by atoms with Gasteiger partial charge in [-0.1, -0.05) is 6.07 Å². The Kier molecular flexibility index (Phi) is 4.36. The molecule has 0 radical (unpaired) electrons. The van der Waals surface area contributed by atoms with Crippen LogP contribution < -0.4 is 10.6 Å². The summed E-state index contributed by atoms with van der Waals surface area (Å²) in [6, 6.07) is 2.63. The summed E-state index contributed by atoms with van der Waals surface area (Å²) in [5.74, 6) is -1.60. The Morgan fingerprint density at radius 2 is 2.25 bits per heavy atom. The van der Waals surface area contributed by atoms with Crippen molar-refractivity contribution in [2.45, 2.75) is 18.0 Å². The molecule has 2 atom stereocenters. The summed E-state index contributed by atoms with van der Waals surface area (Å²) in [5, 5.41) is 6.87. The number of Topliss-reactive ketones (excluding diaryl/α,β-unsaturated/α-hetero) is 2. The molecular weight excluding hydrogens is 300 g/mol. The number of thiophene rings is 1. The minimum Gasteiger partial charge on any atom is -0.323 e. The van der Waals surface area contributed by atoms with Gasteiger partial charge in [0.15, 0.2) is 0 Å². The van der Waals surface area contributed by atoms with Gasteiger partial charge in [0.2, 0.25) is 16.7 Å². The minimum atomic E-state index is -1.56. The Morgan fingerprint density at radius 3 is 2.75 bits per heavy atom. The number of ketones is 2. The van der Waals surface area contributed by atoms with Crippen LogP contribution in [0.2, 0.25) is 0 Å². The first-order valence-corrected chi connectivity index (χ1v) is 7.63. The van der Waals surface area contributed by atoms with Gasteiger partial charge in [0.25, 0.3) is 5.78 Å². The molecule has 1 fully saturated rings. The van der Waals surface area contributed by atoms with Crippen LogP contribution >= 0.6 is 23.1 Å². The van der Waals surface area contributed by atoms with Gasteiger partial charge in [-0.25, -0.2) is 0 Å². The Morgan fingerprint density at radius 1 is 1.50 bits per heavy atom. The van der Waals surface area contributed by atoms with Crippen LogP contribution in [0.4, 0.5) is 0 Å². The monoisotopic (exact) mass is 312 g/mol. The largest absolute Gasteiger partial charge is 0.323 e. The van der Waals surface area contributed by atoms with E-state index in [1.165, 1.54) is 6.92 Å². The van der Waals surface area contributed by atoms with E-state index < -0.39 is 28.5 Å². The molecule has 2 heterocycles. The average Bonchev–Trinajstić information content (AvgIpc) is 3.05. The molecule has 1 aromatic rings. The molecule has 1 aromatic heterocycles. The third-order valence-electron chi connectivity index (χ3n) is 2.66. The first-order chi connectivity index (χ1) is 9.48. The Balaban J connectivity index is 2.27. The average molecular weight is 312 g/mol. The van der Waals surface area contributed by atoms with E-state index >= 15 is 0 Å². The summed E-state index contributed by atoms with van der Waals surface area (Å²) in [4.78, 5) is 45.4. The minimum absolute atomic E-state index is 0.302. The van der Waals surface area contributed by atoms with E-state index in [4.69, 9.17) is 0 Å². The van der Waals surface area contributed by atoms with E-state index in [1.807, 2.05) is 0 Å². The molecule has 2 unspecified atom stereocenters. The van der Waals surface area contributed by atoms with Crippen LogP contribution in [-0.2, 0) is 14.4 Å². The maximum atomic E-state index is 12.4. The number of carbonyl (C=O) groups excluding carboxylic acids is 4. The van der Waals surface area contributed by atoms with Gasteiger partial charge in [0, 0.05) is 12.7 Å². The van der Waals surface area contributed by atoms with E-state index in [0.29, 0.717) is 16.9 Å². The molecule has 0 saturated carbocycles. The Labute approximate surface area is 123 Å². The number of thioether (sulfide) groups is 1. The fraction of sp³-hybridized carbons (Fsp3) is 0.333. The molecular formula is C12H12N2O4S2. The predicted octanol–water partition coefficient (Wildman–Crippen LogP) is 0.194. The van der Waals surface area contributed by atoms with Gasteiger partial charge in [0.1, 0.15) is 6.29 Å². The van der Waals surface area contributed by atoms with E-state index in [2.05, 4.69) is 10.6 Å². The number of hydrogen-bond donors (Lipinski definition) is 2. The van der Waals surface area contributed by atoms with Crippen molar-refractivity contribution in [3.05, 3.63) is 22.4 Å². The fourth-order valence-electron chi connectivity index (χ4n) is 1.82. The lowest BCUT2D eigenvalue weighted by Gasteiger charge is -2.27. The zero-order valence-corrected chi connectivity index (χ0v) is 12.2. The quantitative estimate of drug-likeness (QED) is 0.458. The highest BCUT2D eigenvalue weighted by Crippen LogP contribution is 2.30. The molecule has 2 N–H and O–H groups in total. The van der Waals surface area contributed by atoms with Gasteiger partial charge in [-0.05, 0) is 11.4 Å². The van der Waals surface area contributed by atoms with E-state index in [1.54, 1.807) is 17.5 Å². The highest BCUT2D eigenvalue weighted by Gasteiger charge is 2.49. The molecule has 8 heteroatoms. The first kappa shape index (κ1) is 14.9. The first-order valence-electron chi connectivity index (χ1n) is 5.77. The third-order valence-corrected chi connectivity index (χ3v) is 4.89. The summed E-state index contributed by atoms with van der Waals surface area (Å²) in [5.41, 5.74) is 0. The molecule has 2 rings (SSSR count). The highest BCUT2D eigenvalue weighted by atomic mass is 32.2. The number of amides is 1. The summed E-state index contributed by atoms with van der Waals surface area (Å²) in [7, 11) is 0. The van der Waals surface area contributed by atoms with E-state index in [9.17, 15) is 19.2 Å². The van der Waals surface area contributed by atoms with Gasteiger partial charge in [-0.2, -0.15) is 0 Å². The SMILES string of the molecule is CC(=O)NC1(C(=O)C(=O)c2cccs2)NC(C=O)CS1. The molecule has 20 heavy (non-hydrogen) atoms. The molecule has 6 nitrogen and oxygen atoms in total. The third kappa shape index (κ3) is 2.82. The lowest BCUT2D eigenvalue weighted by atomic mass is 10.1. The van der Waals surface area contributed by atoms with Crippen molar-refractivity contribution < 1.29 is 19.2 Å². The number of rotatable bonds is 5. The van der Waals surface area contributed by atoms with Crippen LogP contribution in [0.5, 0.6) is 0 Å². The van der Waals surface area contributed by atoms with Crippen LogP contribution in [0.25, 0.3) is 0 Å². The summed E-state index contributed by atoms with van der Waals surface area (Å²) < 4.78 is 0. The second-order valence-electron chi connectivity index (χ2n) is 4.20.